The Morgan fingerprint density at radius 1 is 1.03 bits per heavy atom. The molecule has 1 saturated heterocycles. The number of aryl methyl sites for hydroxylation is 2. The summed E-state index contributed by atoms with van der Waals surface area (Å²) in [4.78, 5) is 32.4. The Morgan fingerprint density at radius 2 is 1.77 bits per heavy atom. The molecule has 3 heterocycles. The van der Waals surface area contributed by atoms with Crippen molar-refractivity contribution >= 4 is 17.6 Å². The zero-order chi connectivity index (χ0) is 25.2. The van der Waals surface area contributed by atoms with Crippen molar-refractivity contribution in [1.29, 1.82) is 0 Å². The van der Waals surface area contributed by atoms with E-state index in [2.05, 4.69) is 10.1 Å². The second-order valence-corrected chi connectivity index (χ2v) is 8.24. The van der Waals surface area contributed by atoms with Crippen LogP contribution in [0.5, 0.6) is 0 Å². The van der Waals surface area contributed by atoms with E-state index in [0.717, 1.165) is 23.5 Å². The molecular formula is C24H24F3N5O3. The van der Waals surface area contributed by atoms with Gasteiger partial charge in [0.05, 0.1) is 16.8 Å². The number of ether oxygens (including phenoxy) is 1. The highest BCUT2D eigenvalue weighted by Crippen LogP contribution is 2.31. The van der Waals surface area contributed by atoms with E-state index in [1.54, 1.807) is 27.8 Å². The Balaban J connectivity index is 1.28. The van der Waals surface area contributed by atoms with Gasteiger partial charge < -0.3 is 14.5 Å². The molecule has 35 heavy (non-hydrogen) atoms. The summed E-state index contributed by atoms with van der Waals surface area (Å²) < 4.78 is 45.7. The number of amides is 1. The van der Waals surface area contributed by atoms with Crippen LogP contribution in [-0.2, 0) is 15.7 Å². The number of halogens is 3. The summed E-state index contributed by atoms with van der Waals surface area (Å²) in [7, 11) is 0. The van der Waals surface area contributed by atoms with Crippen molar-refractivity contribution in [2.45, 2.75) is 20.0 Å². The van der Waals surface area contributed by atoms with Crippen molar-refractivity contribution < 1.29 is 27.5 Å². The molecule has 1 aromatic carbocycles. The first kappa shape index (κ1) is 24.2. The molecule has 1 amide bonds. The first-order valence-electron chi connectivity index (χ1n) is 11.0. The number of carbonyl (C=O) groups is 2. The molecule has 8 nitrogen and oxygen atoms in total. The third kappa shape index (κ3) is 5.61. The van der Waals surface area contributed by atoms with Crippen LogP contribution < -0.4 is 4.90 Å². The van der Waals surface area contributed by atoms with Crippen LogP contribution in [0.15, 0.2) is 48.7 Å². The maximum atomic E-state index is 13.0. The van der Waals surface area contributed by atoms with Gasteiger partial charge in [-0.1, -0.05) is 6.07 Å². The summed E-state index contributed by atoms with van der Waals surface area (Å²) in [5, 5.41) is 4.34. The fourth-order valence-electron chi connectivity index (χ4n) is 3.89. The standard InChI is InChI=1S/C24H24F3N5O3/c1-16-12-17(2)32(29-16)21-7-6-18(14-28-21)23(34)35-15-22(33)31-10-8-30(9-11-31)20-5-3-4-19(13-20)24(25,26)27/h3-7,12-14H,8-11,15H2,1-2H3. The molecule has 1 aliphatic heterocycles. The number of aromatic nitrogens is 3. The Labute approximate surface area is 199 Å². The van der Waals surface area contributed by atoms with Crippen molar-refractivity contribution in [3.63, 3.8) is 0 Å². The van der Waals surface area contributed by atoms with Crippen LogP contribution in [0.3, 0.4) is 0 Å². The maximum Gasteiger partial charge on any atom is 0.416 e. The van der Waals surface area contributed by atoms with Crippen molar-refractivity contribution in [3.8, 4) is 5.82 Å². The molecule has 1 fully saturated rings. The van der Waals surface area contributed by atoms with Gasteiger partial charge in [-0.15, -0.1) is 0 Å². The van der Waals surface area contributed by atoms with Crippen LogP contribution in [0.2, 0.25) is 0 Å². The Kier molecular flexibility index (Phi) is 6.77. The number of piperazine rings is 1. The lowest BCUT2D eigenvalue weighted by Crippen LogP contribution is -2.50. The minimum Gasteiger partial charge on any atom is -0.452 e. The molecule has 0 N–H and O–H groups in total. The quantitative estimate of drug-likeness (QED) is 0.514. The molecule has 0 unspecified atom stereocenters. The lowest BCUT2D eigenvalue weighted by molar-refractivity contribution is -0.137. The van der Waals surface area contributed by atoms with E-state index in [1.807, 2.05) is 19.9 Å². The number of rotatable bonds is 5. The summed E-state index contributed by atoms with van der Waals surface area (Å²) in [5.74, 6) is -0.482. The van der Waals surface area contributed by atoms with Gasteiger partial charge in [0.2, 0.25) is 0 Å². The maximum absolute atomic E-state index is 13.0. The zero-order valence-electron chi connectivity index (χ0n) is 19.2. The Morgan fingerprint density at radius 3 is 2.37 bits per heavy atom. The van der Waals surface area contributed by atoms with Gasteiger partial charge >= 0.3 is 12.1 Å². The molecule has 1 aliphatic rings. The Bertz CT molecular complexity index is 1220. The van der Waals surface area contributed by atoms with Crippen LogP contribution in [0.1, 0.15) is 27.3 Å². The van der Waals surface area contributed by atoms with Crippen molar-refractivity contribution in [1.82, 2.24) is 19.7 Å². The summed E-state index contributed by atoms with van der Waals surface area (Å²) in [6.07, 6.45) is -3.04. The van der Waals surface area contributed by atoms with Crippen molar-refractivity contribution in [3.05, 3.63) is 71.2 Å². The number of carbonyl (C=O) groups excluding carboxylic acids is 2. The van der Waals surface area contributed by atoms with Gasteiger partial charge in [0, 0.05) is 43.8 Å². The number of benzene rings is 1. The predicted octanol–water partition coefficient (Wildman–Crippen LogP) is 3.41. The Hall–Kier alpha value is -3.89. The first-order valence-corrected chi connectivity index (χ1v) is 11.0. The normalized spacial score (nSPS) is 14.2. The van der Waals surface area contributed by atoms with Crippen LogP contribution in [0.4, 0.5) is 18.9 Å². The summed E-state index contributed by atoms with van der Waals surface area (Å²) >= 11 is 0. The zero-order valence-corrected chi connectivity index (χ0v) is 19.2. The fraction of sp³-hybridized carbons (Fsp3) is 0.333. The molecule has 0 radical (unpaired) electrons. The van der Waals surface area contributed by atoms with Crippen LogP contribution in [0, 0.1) is 13.8 Å². The number of hydrogen-bond donors (Lipinski definition) is 0. The van der Waals surface area contributed by atoms with E-state index in [-0.39, 0.29) is 11.5 Å². The van der Waals surface area contributed by atoms with E-state index in [1.165, 1.54) is 17.2 Å². The SMILES string of the molecule is Cc1cc(C)n(-c2ccc(C(=O)OCC(=O)N3CCN(c4cccc(C(F)(F)F)c4)CC3)cn2)n1. The molecule has 184 valence electrons. The molecule has 4 rings (SSSR count). The van der Waals surface area contributed by atoms with Gasteiger partial charge in [-0.3, -0.25) is 4.79 Å². The topological polar surface area (TPSA) is 80.6 Å². The number of esters is 1. The second-order valence-electron chi connectivity index (χ2n) is 8.24. The van der Waals surface area contributed by atoms with Crippen molar-refractivity contribution in [2.24, 2.45) is 0 Å². The number of anilines is 1. The molecule has 0 aliphatic carbocycles. The van der Waals surface area contributed by atoms with Gasteiger partial charge in [-0.05, 0) is 50.2 Å². The molecule has 0 bridgehead atoms. The van der Waals surface area contributed by atoms with Gasteiger partial charge in [0.1, 0.15) is 0 Å². The van der Waals surface area contributed by atoms with Crippen LogP contribution in [0.25, 0.3) is 5.82 Å². The minimum atomic E-state index is -4.41. The molecule has 0 atom stereocenters. The molecule has 11 heteroatoms. The highest BCUT2D eigenvalue weighted by molar-refractivity contribution is 5.91. The highest BCUT2D eigenvalue weighted by Gasteiger charge is 2.31. The molecule has 2 aromatic heterocycles. The van der Waals surface area contributed by atoms with E-state index in [9.17, 15) is 22.8 Å². The number of alkyl halides is 3. The predicted molar refractivity (Wildman–Crippen MR) is 121 cm³/mol. The number of hydrogen-bond acceptors (Lipinski definition) is 6. The van der Waals surface area contributed by atoms with E-state index in [0.29, 0.717) is 37.7 Å². The average Bonchev–Trinajstić information content (AvgIpc) is 3.19. The molecule has 0 saturated carbocycles. The largest absolute Gasteiger partial charge is 0.452 e. The first-order chi connectivity index (χ1) is 16.6. The van der Waals surface area contributed by atoms with Crippen LogP contribution in [-0.4, -0.2) is 64.3 Å². The van der Waals surface area contributed by atoms with E-state index >= 15 is 0 Å². The number of nitrogens with zero attached hydrogens (tertiary/aromatic N) is 5. The van der Waals surface area contributed by atoms with Gasteiger partial charge in [-0.2, -0.15) is 18.3 Å². The van der Waals surface area contributed by atoms with Crippen LogP contribution >= 0.6 is 0 Å². The van der Waals surface area contributed by atoms with Gasteiger partial charge in [-0.25, -0.2) is 14.5 Å². The van der Waals surface area contributed by atoms with E-state index < -0.39 is 24.3 Å². The number of pyridine rings is 1. The molecule has 3 aromatic rings. The summed E-state index contributed by atoms with van der Waals surface area (Å²) in [6.45, 7) is 4.71. The molecule has 0 spiro atoms. The monoisotopic (exact) mass is 487 g/mol. The average molecular weight is 487 g/mol. The molecular weight excluding hydrogens is 463 g/mol. The fourth-order valence-corrected chi connectivity index (χ4v) is 3.89. The third-order valence-electron chi connectivity index (χ3n) is 5.71. The summed E-state index contributed by atoms with van der Waals surface area (Å²) in [5.41, 5.74) is 1.70. The minimum absolute atomic E-state index is 0.206. The van der Waals surface area contributed by atoms with Gasteiger partial charge in [0.25, 0.3) is 5.91 Å². The highest BCUT2D eigenvalue weighted by atomic mass is 19.4. The lowest BCUT2D eigenvalue weighted by Gasteiger charge is -2.36. The smallest absolute Gasteiger partial charge is 0.416 e. The lowest BCUT2D eigenvalue weighted by atomic mass is 10.1. The second kappa shape index (κ2) is 9.77. The van der Waals surface area contributed by atoms with Gasteiger partial charge in [0.15, 0.2) is 12.4 Å². The third-order valence-corrected chi connectivity index (χ3v) is 5.71. The van der Waals surface area contributed by atoms with Crippen molar-refractivity contribution in [2.75, 3.05) is 37.7 Å². The summed E-state index contributed by atoms with van der Waals surface area (Å²) in [6, 6.07) is 10.2. The van der Waals surface area contributed by atoms with E-state index in [4.69, 9.17) is 4.74 Å².